The van der Waals surface area contributed by atoms with Gasteiger partial charge in [-0.3, -0.25) is 0 Å². The van der Waals surface area contributed by atoms with E-state index in [4.69, 9.17) is 0 Å². The zero-order chi connectivity index (χ0) is 15.2. The second-order valence-corrected chi connectivity index (χ2v) is 7.09. The zero-order valence-electron chi connectivity index (χ0n) is 11.7. The zero-order valence-corrected chi connectivity index (χ0v) is 12.5. The van der Waals surface area contributed by atoms with Crippen molar-refractivity contribution in [2.45, 2.75) is 32.6 Å². The third-order valence-corrected chi connectivity index (χ3v) is 5.46. The lowest BCUT2D eigenvalue weighted by Crippen LogP contribution is -2.30. The molecule has 0 aromatic heterocycles. The maximum Gasteiger partial charge on any atom is 0.330 e. The molecule has 7 heteroatoms. The van der Waals surface area contributed by atoms with Crippen molar-refractivity contribution in [1.29, 1.82) is 0 Å². The fraction of sp³-hybridized carbons (Fsp3) is 0.429. The number of aromatic hydroxyl groups is 1. The van der Waals surface area contributed by atoms with Gasteiger partial charge in [-0.15, -0.1) is 0 Å². The van der Waals surface area contributed by atoms with Crippen molar-refractivity contribution in [3.63, 3.8) is 0 Å². The van der Waals surface area contributed by atoms with Gasteiger partial charge in [0.25, 0.3) is 0 Å². The van der Waals surface area contributed by atoms with E-state index in [1.54, 1.807) is 12.1 Å². The Labute approximate surface area is 123 Å². The van der Waals surface area contributed by atoms with Crippen molar-refractivity contribution in [1.82, 2.24) is 4.72 Å². The van der Waals surface area contributed by atoms with Crippen molar-refractivity contribution >= 4 is 15.9 Å². The summed E-state index contributed by atoms with van der Waals surface area (Å²) in [4.78, 5) is 0. The number of fused-ring (bicyclic) bond motifs is 1. The van der Waals surface area contributed by atoms with Crippen molar-refractivity contribution in [2.24, 2.45) is 5.92 Å². The number of aliphatic hydroxyl groups is 1. The highest BCUT2D eigenvalue weighted by Gasteiger charge is 2.31. The van der Waals surface area contributed by atoms with E-state index in [9.17, 15) is 18.6 Å². The predicted molar refractivity (Wildman–Crippen MR) is 79.2 cm³/mol. The maximum absolute atomic E-state index is 11.9. The average molecular weight is 310 g/mol. The fourth-order valence-corrected chi connectivity index (χ4v) is 4.03. The number of phenolic OH excluding ortho intramolecular Hbond substituents is 1. The number of hydrogen-bond acceptors (Lipinski definition) is 4. The van der Waals surface area contributed by atoms with Crippen LogP contribution in [0.5, 0.6) is 5.75 Å². The van der Waals surface area contributed by atoms with E-state index in [0.29, 0.717) is 5.92 Å². The molecule has 0 unspecified atom stereocenters. The first-order valence-electron chi connectivity index (χ1n) is 6.98. The number of phenols is 1. The minimum Gasteiger partial charge on any atom is -0.506 e. The van der Waals surface area contributed by atoms with Crippen molar-refractivity contribution in [2.75, 3.05) is 4.31 Å². The number of nitrogens with zero attached hydrogens (tertiary/aromatic N) is 1. The van der Waals surface area contributed by atoms with E-state index in [1.807, 2.05) is 4.72 Å². The topological polar surface area (TPSA) is 89.9 Å². The number of anilines is 1. The molecular formula is C14H18N2O4S. The Morgan fingerprint density at radius 3 is 2.71 bits per heavy atom. The van der Waals surface area contributed by atoms with Gasteiger partial charge in [0.15, 0.2) is 0 Å². The summed E-state index contributed by atoms with van der Waals surface area (Å²) in [5.41, 5.74) is 2.30. The van der Waals surface area contributed by atoms with Crippen molar-refractivity contribution < 1.29 is 18.6 Å². The average Bonchev–Trinajstić information content (AvgIpc) is 2.70. The molecule has 21 heavy (non-hydrogen) atoms. The minimum absolute atomic E-state index is 0.0972. The van der Waals surface area contributed by atoms with Crippen LogP contribution in [0.15, 0.2) is 24.2 Å². The first-order valence-corrected chi connectivity index (χ1v) is 8.42. The van der Waals surface area contributed by atoms with Gasteiger partial charge in [0.2, 0.25) is 5.88 Å². The Hall–Kier alpha value is -1.89. The van der Waals surface area contributed by atoms with Crippen LogP contribution in [0.2, 0.25) is 0 Å². The molecule has 0 bridgehead atoms. The van der Waals surface area contributed by atoms with Crippen LogP contribution < -0.4 is 9.03 Å². The molecule has 3 N–H and O–H groups in total. The number of aliphatic hydroxyl groups excluding tert-OH is 1. The monoisotopic (exact) mass is 310 g/mol. The molecule has 0 saturated heterocycles. The second-order valence-electron chi connectivity index (χ2n) is 5.54. The van der Waals surface area contributed by atoms with E-state index in [2.05, 4.69) is 6.92 Å². The molecule has 0 saturated carbocycles. The minimum atomic E-state index is -3.88. The molecule has 0 radical (unpaired) electrons. The van der Waals surface area contributed by atoms with Crippen molar-refractivity contribution in [3.8, 4) is 5.75 Å². The third-order valence-electron chi connectivity index (χ3n) is 4.17. The molecule has 2 aliphatic rings. The van der Waals surface area contributed by atoms with E-state index in [1.165, 1.54) is 0 Å². The van der Waals surface area contributed by atoms with Crippen LogP contribution in [0.4, 0.5) is 5.69 Å². The number of aryl methyl sites for hydroxylation is 1. The Morgan fingerprint density at radius 2 is 2.10 bits per heavy atom. The van der Waals surface area contributed by atoms with E-state index in [0.717, 1.165) is 47.3 Å². The van der Waals surface area contributed by atoms with Crippen LogP contribution in [0.25, 0.3) is 0 Å². The Kier molecular flexibility index (Phi) is 3.24. The van der Waals surface area contributed by atoms with Gasteiger partial charge in [-0.2, -0.15) is 8.42 Å². The van der Waals surface area contributed by atoms with E-state index < -0.39 is 16.1 Å². The molecule has 1 aliphatic carbocycles. The largest absolute Gasteiger partial charge is 0.506 e. The van der Waals surface area contributed by atoms with E-state index in [-0.39, 0.29) is 11.4 Å². The smallest absolute Gasteiger partial charge is 0.330 e. The van der Waals surface area contributed by atoms with Crippen LogP contribution in [-0.2, 0) is 23.1 Å². The molecule has 6 nitrogen and oxygen atoms in total. The molecule has 1 atom stereocenters. The molecular weight excluding hydrogens is 292 g/mol. The van der Waals surface area contributed by atoms with Crippen LogP contribution in [0.3, 0.4) is 0 Å². The highest BCUT2D eigenvalue weighted by atomic mass is 32.2. The molecule has 3 rings (SSSR count). The Bertz CT molecular complexity index is 712. The van der Waals surface area contributed by atoms with Gasteiger partial charge in [0.1, 0.15) is 11.4 Å². The van der Waals surface area contributed by atoms with Crippen molar-refractivity contribution in [3.05, 3.63) is 35.3 Å². The standard InChI is InChI=1S/C14H18N2O4S/c1-2-9-3-4-10-7-13(17)12(6-11(10)5-9)16-8-14(18)15-21(16,19)20/h6-9,15,17-18H,2-5H2,1H3/t9-/m0/s1. The second kappa shape index (κ2) is 4.84. The van der Waals surface area contributed by atoms with Crippen LogP contribution >= 0.6 is 0 Å². The lowest BCUT2D eigenvalue weighted by Gasteiger charge is -2.26. The highest BCUT2D eigenvalue weighted by Crippen LogP contribution is 2.38. The first kappa shape index (κ1) is 14.1. The number of hydrogen-bond donors (Lipinski definition) is 3. The van der Waals surface area contributed by atoms with Gasteiger partial charge >= 0.3 is 10.2 Å². The van der Waals surface area contributed by atoms with Gasteiger partial charge in [0.05, 0.1) is 6.20 Å². The quantitative estimate of drug-likeness (QED) is 0.778. The van der Waals surface area contributed by atoms with Gasteiger partial charge in [-0.05, 0) is 48.4 Å². The summed E-state index contributed by atoms with van der Waals surface area (Å²) in [5.74, 6) is 0.0331. The molecule has 1 aromatic carbocycles. The predicted octanol–water partition coefficient (Wildman–Crippen LogP) is 1.92. The van der Waals surface area contributed by atoms with Crippen LogP contribution in [-0.4, -0.2) is 18.6 Å². The lowest BCUT2D eigenvalue weighted by molar-refractivity contribution is 0.392. The first-order chi connectivity index (χ1) is 9.90. The molecule has 0 spiro atoms. The summed E-state index contributed by atoms with van der Waals surface area (Å²) >= 11 is 0. The summed E-state index contributed by atoms with van der Waals surface area (Å²) in [6.45, 7) is 2.15. The van der Waals surface area contributed by atoms with Crippen LogP contribution in [0, 0.1) is 5.92 Å². The summed E-state index contributed by atoms with van der Waals surface area (Å²) in [6.07, 6.45) is 5.01. The summed E-state index contributed by atoms with van der Waals surface area (Å²) < 4.78 is 26.7. The maximum atomic E-state index is 11.9. The molecule has 0 amide bonds. The summed E-state index contributed by atoms with van der Waals surface area (Å²) in [6, 6.07) is 3.34. The number of benzene rings is 1. The Morgan fingerprint density at radius 1 is 1.33 bits per heavy atom. The molecule has 114 valence electrons. The molecule has 1 aliphatic heterocycles. The SMILES string of the molecule is CC[C@H]1CCc2cc(O)c(N3C=C(O)NS3(=O)=O)cc2C1. The van der Waals surface area contributed by atoms with Crippen LogP contribution in [0.1, 0.15) is 30.9 Å². The number of nitrogens with one attached hydrogen (secondary N) is 1. The fourth-order valence-electron chi connectivity index (χ4n) is 2.97. The number of rotatable bonds is 2. The third kappa shape index (κ3) is 2.42. The molecule has 1 heterocycles. The summed E-state index contributed by atoms with van der Waals surface area (Å²) in [7, 11) is -3.88. The van der Waals surface area contributed by atoms with Gasteiger partial charge in [-0.25, -0.2) is 9.03 Å². The van der Waals surface area contributed by atoms with Gasteiger partial charge < -0.3 is 10.2 Å². The summed E-state index contributed by atoms with van der Waals surface area (Å²) in [5, 5.41) is 19.5. The van der Waals surface area contributed by atoms with E-state index >= 15 is 0 Å². The van der Waals surface area contributed by atoms with Gasteiger partial charge in [0, 0.05) is 0 Å². The molecule has 1 aromatic rings. The van der Waals surface area contributed by atoms with Gasteiger partial charge in [-0.1, -0.05) is 13.3 Å². The highest BCUT2D eigenvalue weighted by molar-refractivity contribution is 7.91. The Balaban J connectivity index is 2.05. The lowest BCUT2D eigenvalue weighted by atomic mass is 9.82. The normalized spacial score (nSPS) is 23.4. The molecule has 0 fully saturated rings.